The number of hydrogen-bond acceptors (Lipinski definition) is 4. The Hall–Kier alpha value is -1.81. The molecular weight excluding hydrogens is 226 g/mol. The van der Waals surface area contributed by atoms with E-state index in [0.717, 1.165) is 23.4 Å². The summed E-state index contributed by atoms with van der Waals surface area (Å²) in [5.74, 6) is 0.989. The molecule has 0 unspecified atom stereocenters. The van der Waals surface area contributed by atoms with Crippen LogP contribution in [0.5, 0.6) is 0 Å². The Morgan fingerprint density at radius 1 is 1.22 bits per heavy atom. The van der Waals surface area contributed by atoms with Crippen LogP contribution in [0.25, 0.3) is 10.8 Å². The SMILES string of the molecule is COCCNc1cnc(N(C)C)c2ccccc12. The van der Waals surface area contributed by atoms with E-state index in [1.54, 1.807) is 7.11 Å². The fraction of sp³-hybridized carbons (Fsp3) is 0.357. The highest BCUT2D eigenvalue weighted by atomic mass is 16.5. The van der Waals surface area contributed by atoms with Gasteiger partial charge in [0.15, 0.2) is 0 Å². The van der Waals surface area contributed by atoms with E-state index in [-0.39, 0.29) is 0 Å². The molecule has 1 heterocycles. The molecule has 1 N–H and O–H groups in total. The number of benzene rings is 1. The van der Waals surface area contributed by atoms with Crippen LogP contribution in [-0.2, 0) is 4.74 Å². The van der Waals surface area contributed by atoms with Crippen molar-refractivity contribution < 1.29 is 4.74 Å². The van der Waals surface area contributed by atoms with Gasteiger partial charge in [0.1, 0.15) is 5.82 Å². The number of rotatable bonds is 5. The van der Waals surface area contributed by atoms with Gasteiger partial charge >= 0.3 is 0 Å². The molecule has 0 fully saturated rings. The van der Waals surface area contributed by atoms with Crippen LogP contribution in [0.4, 0.5) is 11.5 Å². The monoisotopic (exact) mass is 245 g/mol. The Bertz CT molecular complexity index is 525. The summed E-state index contributed by atoms with van der Waals surface area (Å²) in [7, 11) is 5.72. The molecule has 2 aromatic rings. The Morgan fingerprint density at radius 2 is 1.94 bits per heavy atom. The fourth-order valence-corrected chi connectivity index (χ4v) is 1.96. The maximum Gasteiger partial charge on any atom is 0.136 e. The van der Waals surface area contributed by atoms with Gasteiger partial charge in [-0.2, -0.15) is 0 Å². The number of pyridine rings is 1. The highest BCUT2D eigenvalue weighted by Crippen LogP contribution is 2.28. The third-order valence-electron chi connectivity index (χ3n) is 2.82. The van der Waals surface area contributed by atoms with Crippen LogP contribution in [-0.4, -0.2) is 39.3 Å². The molecule has 0 spiro atoms. The maximum atomic E-state index is 5.05. The number of anilines is 2. The number of methoxy groups -OCH3 is 1. The topological polar surface area (TPSA) is 37.4 Å². The minimum Gasteiger partial charge on any atom is -0.383 e. The smallest absolute Gasteiger partial charge is 0.136 e. The zero-order valence-electron chi connectivity index (χ0n) is 11.1. The molecule has 0 aliphatic carbocycles. The second-order valence-electron chi connectivity index (χ2n) is 4.36. The number of fused-ring (bicyclic) bond motifs is 1. The van der Waals surface area contributed by atoms with Gasteiger partial charge in [-0.05, 0) is 0 Å². The Morgan fingerprint density at radius 3 is 2.61 bits per heavy atom. The Balaban J connectivity index is 2.41. The molecule has 0 aliphatic heterocycles. The van der Waals surface area contributed by atoms with Gasteiger partial charge in [0.2, 0.25) is 0 Å². The van der Waals surface area contributed by atoms with Crippen molar-refractivity contribution in [3.8, 4) is 0 Å². The maximum absolute atomic E-state index is 5.05. The summed E-state index contributed by atoms with van der Waals surface area (Å²) in [5, 5.41) is 5.69. The van der Waals surface area contributed by atoms with E-state index in [1.807, 2.05) is 37.3 Å². The van der Waals surface area contributed by atoms with Gasteiger partial charge in [0, 0.05) is 38.5 Å². The molecule has 1 aromatic carbocycles. The average Bonchev–Trinajstić information content (AvgIpc) is 2.38. The Labute approximate surface area is 108 Å². The van der Waals surface area contributed by atoms with Crippen LogP contribution in [0, 0.1) is 0 Å². The molecule has 4 nitrogen and oxygen atoms in total. The third-order valence-corrected chi connectivity index (χ3v) is 2.82. The third kappa shape index (κ3) is 2.54. The first-order valence-electron chi connectivity index (χ1n) is 6.02. The molecule has 0 radical (unpaired) electrons. The molecule has 96 valence electrons. The van der Waals surface area contributed by atoms with E-state index >= 15 is 0 Å². The average molecular weight is 245 g/mol. The van der Waals surface area contributed by atoms with Crippen molar-refractivity contribution in [1.29, 1.82) is 0 Å². The van der Waals surface area contributed by atoms with Crippen molar-refractivity contribution in [2.45, 2.75) is 0 Å². The summed E-state index contributed by atoms with van der Waals surface area (Å²) in [5.41, 5.74) is 1.05. The predicted octanol–water partition coefficient (Wildman–Crippen LogP) is 2.36. The number of nitrogens with zero attached hydrogens (tertiary/aromatic N) is 2. The van der Waals surface area contributed by atoms with Crippen molar-refractivity contribution in [1.82, 2.24) is 4.98 Å². The summed E-state index contributed by atoms with van der Waals surface area (Å²) < 4.78 is 5.05. The van der Waals surface area contributed by atoms with E-state index in [4.69, 9.17) is 4.74 Å². The van der Waals surface area contributed by atoms with E-state index in [1.165, 1.54) is 5.39 Å². The number of aromatic nitrogens is 1. The lowest BCUT2D eigenvalue weighted by Crippen LogP contribution is -2.13. The zero-order chi connectivity index (χ0) is 13.0. The van der Waals surface area contributed by atoms with Gasteiger partial charge in [-0.1, -0.05) is 24.3 Å². The van der Waals surface area contributed by atoms with Crippen LogP contribution in [0.2, 0.25) is 0 Å². The second kappa shape index (κ2) is 5.69. The largest absolute Gasteiger partial charge is 0.383 e. The minimum absolute atomic E-state index is 0.684. The van der Waals surface area contributed by atoms with Crippen molar-refractivity contribution >= 4 is 22.3 Å². The summed E-state index contributed by atoms with van der Waals surface area (Å²) in [6.07, 6.45) is 1.88. The zero-order valence-corrected chi connectivity index (χ0v) is 11.1. The molecular formula is C14H19N3O. The van der Waals surface area contributed by atoms with Crippen LogP contribution < -0.4 is 10.2 Å². The summed E-state index contributed by atoms with van der Waals surface area (Å²) in [6.45, 7) is 1.47. The van der Waals surface area contributed by atoms with E-state index < -0.39 is 0 Å². The molecule has 0 amide bonds. The summed E-state index contributed by atoms with van der Waals surface area (Å²) in [6, 6.07) is 8.29. The number of nitrogens with one attached hydrogen (secondary N) is 1. The predicted molar refractivity (Wildman–Crippen MR) is 76.4 cm³/mol. The molecule has 18 heavy (non-hydrogen) atoms. The fourth-order valence-electron chi connectivity index (χ4n) is 1.96. The summed E-state index contributed by atoms with van der Waals surface area (Å²) >= 11 is 0. The number of ether oxygens (including phenoxy) is 1. The first-order chi connectivity index (χ1) is 8.74. The molecule has 0 bridgehead atoms. The van der Waals surface area contributed by atoms with Gasteiger partial charge in [-0.3, -0.25) is 0 Å². The van der Waals surface area contributed by atoms with Gasteiger partial charge < -0.3 is 15.0 Å². The molecule has 0 aliphatic rings. The van der Waals surface area contributed by atoms with E-state index in [9.17, 15) is 0 Å². The van der Waals surface area contributed by atoms with Crippen molar-refractivity contribution in [3.05, 3.63) is 30.5 Å². The first-order valence-corrected chi connectivity index (χ1v) is 6.02. The van der Waals surface area contributed by atoms with Gasteiger partial charge in [-0.15, -0.1) is 0 Å². The van der Waals surface area contributed by atoms with Gasteiger partial charge in [0.05, 0.1) is 18.5 Å². The lowest BCUT2D eigenvalue weighted by atomic mass is 10.1. The lowest BCUT2D eigenvalue weighted by molar-refractivity contribution is 0.211. The molecule has 2 rings (SSSR count). The van der Waals surface area contributed by atoms with Gasteiger partial charge in [-0.25, -0.2) is 4.98 Å². The molecule has 1 aromatic heterocycles. The highest BCUT2D eigenvalue weighted by Gasteiger charge is 2.07. The Kier molecular flexibility index (Phi) is 3.99. The number of hydrogen-bond donors (Lipinski definition) is 1. The second-order valence-corrected chi connectivity index (χ2v) is 4.36. The molecule has 4 heteroatoms. The van der Waals surface area contributed by atoms with Crippen LogP contribution in [0.1, 0.15) is 0 Å². The van der Waals surface area contributed by atoms with Crippen molar-refractivity contribution in [3.63, 3.8) is 0 Å². The summed E-state index contributed by atoms with van der Waals surface area (Å²) in [4.78, 5) is 6.54. The van der Waals surface area contributed by atoms with Crippen LogP contribution in [0.15, 0.2) is 30.5 Å². The molecule has 0 saturated heterocycles. The normalized spacial score (nSPS) is 10.6. The van der Waals surface area contributed by atoms with Crippen LogP contribution >= 0.6 is 0 Å². The van der Waals surface area contributed by atoms with Gasteiger partial charge in [0.25, 0.3) is 0 Å². The van der Waals surface area contributed by atoms with Crippen LogP contribution in [0.3, 0.4) is 0 Å². The van der Waals surface area contributed by atoms with E-state index in [0.29, 0.717) is 6.61 Å². The highest BCUT2D eigenvalue weighted by molar-refractivity contribution is 6.00. The quantitative estimate of drug-likeness (QED) is 0.821. The van der Waals surface area contributed by atoms with E-state index in [2.05, 4.69) is 22.4 Å². The minimum atomic E-state index is 0.684. The first kappa shape index (κ1) is 12.6. The standard InChI is InChI=1S/C14H19N3O/c1-17(2)14-12-7-5-4-6-11(12)13(10-16-14)15-8-9-18-3/h4-7,10,15H,8-9H2,1-3H3. The molecule has 0 saturated carbocycles. The van der Waals surface area contributed by atoms with Crippen molar-refractivity contribution in [2.75, 3.05) is 44.6 Å². The van der Waals surface area contributed by atoms with Crippen molar-refractivity contribution in [2.24, 2.45) is 0 Å². The molecule has 0 atom stereocenters. The lowest BCUT2D eigenvalue weighted by Gasteiger charge is -2.16.